The monoisotopic (exact) mass is 368 g/mol. The number of unbranched alkanes of at least 4 members (excludes halogenated alkanes) is 1. The number of carbonyl (C=O) groups is 1. The van der Waals surface area contributed by atoms with Crippen LogP contribution in [-0.4, -0.2) is 41.8 Å². The zero-order valence-corrected chi connectivity index (χ0v) is 14.6. The van der Waals surface area contributed by atoms with Gasteiger partial charge in [0.25, 0.3) is 0 Å². The molecule has 2 atom stereocenters. The lowest BCUT2D eigenvalue weighted by atomic mass is 9.82. The van der Waals surface area contributed by atoms with Crippen molar-refractivity contribution in [2.45, 2.75) is 38.0 Å². The predicted molar refractivity (Wildman–Crippen MR) is 93.7 cm³/mol. The average Bonchev–Trinajstić information content (AvgIpc) is 2.95. The summed E-state index contributed by atoms with van der Waals surface area (Å²) in [5.74, 6) is 0.232. The molecule has 0 spiro atoms. The summed E-state index contributed by atoms with van der Waals surface area (Å²) in [6, 6.07) is 7.19. The van der Waals surface area contributed by atoms with Gasteiger partial charge in [-0.15, -0.1) is 0 Å². The number of nitrogens with two attached hydrogens (primary N) is 1. The van der Waals surface area contributed by atoms with E-state index in [0.29, 0.717) is 24.3 Å². The van der Waals surface area contributed by atoms with Crippen molar-refractivity contribution in [3.8, 4) is 0 Å². The second-order valence-electron chi connectivity index (χ2n) is 5.96. The Morgan fingerprint density at radius 1 is 1.28 bits per heavy atom. The van der Waals surface area contributed by atoms with Gasteiger partial charge < -0.3 is 20.7 Å². The number of hydrogen-bond acceptors (Lipinski definition) is 6. The maximum absolute atomic E-state index is 12.2. The molecule has 1 saturated heterocycles. The number of hydrogen-bond donors (Lipinski definition) is 3. The zero-order valence-electron chi connectivity index (χ0n) is 13.8. The van der Waals surface area contributed by atoms with Gasteiger partial charge in [-0.3, -0.25) is 4.79 Å². The normalized spacial score (nSPS) is 17.5. The molecule has 1 amide bonds. The highest BCUT2D eigenvalue weighted by Crippen LogP contribution is 2.28. The minimum Gasteiger partial charge on any atom is -0.427 e. The van der Waals surface area contributed by atoms with E-state index in [4.69, 9.17) is 37.0 Å². The number of anilines is 1. The number of nitrogens with zero attached hydrogens (tertiary/aromatic N) is 1. The zero-order chi connectivity index (χ0) is 18.8. The van der Waals surface area contributed by atoms with Gasteiger partial charge in [0.1, 0.15) is 0 Å². The van der Waals surface area contributed by atoms with E-state index in [1.54, 1.807) is 17.0 Å². The molecule has 0 bridgehead atoms. The van der Waals surface area contributed by atoms with Gasteiger partial charge in [0.05, 0.1) is 0 Å². The van der Waals surface area contributed by atoms with Gasteiger partial charge in [0, 0.05) is 35.6 Å². The number of benzene rings is 1. The van der Waals surface area contributed by atoms with Gasteiger partial charge in [0.2, 0.25) is 5.91 Å². The molecule has 0 saturated carbocycles. The first-order chi connectivity index (χ1) is 11.9. The third-order valence-electron chi connectivity index (χ3n) is 4.15. The van der Waals surface area contributed by atoms with Crippen LogP contribution < -0.4 is 10.6 Å². The van der Waals surface area contributed by atoms with Crippen molar-refractivity contribution in [1.82, 2.24) is 0 Å². The summed E-state index contributed by atoms with van der Waals surface area (Å²) >= 11 is 5.87. The van der Waals surface area contributed by atoms with E-state index in [1.165, 1.54) is 0 Å². The van der Waals surface area contributed by atoms with Crippen molar-refractivity contribution < 1.29 is 24.4 Å². The van der Waals surface area contributed by atoms with Crippen LogP contribution in [0.1, 0.15) is 25.7 Å². The van der Waals surface area contributed by atoms with Gasteiger partial charge in [-0.25, -0.2) is 0 Å². The smallest absolute Gasteiger partial charge is 0.427 e. The molecule has 4 N–H and O–H groups in total. The van der Waals surface area contributed by atoms with E-state index in [-0.39, 0.29) is 24.0 Å². The maximum Gasteiger partial charge on any atom is 0.451 e. The molecular weight excluding hydrogens is 346 g/mol. The number of halogens is 1. The Morgan fingerprint density at radius 3 is 2.44 bits per heavy atom. The molecule has 136 valence electrons. The van der Waals surface area contributed by atoms with E-state index in [2.05, 4.69) is 0 Å². The molecule has 1 unspecified atom stereocenters. The second kappa shape index (κ2) is 11.0. The lowest BCUT2D eigenvalue weighted by Gasteiger charge is -2.20. The summed E-state index contributed by atoms with van der Waals surface area (Å²) in [5.41, 5.74) is 7.05. The largest absolute Gasteiger partial charge is 0.451 e. The standard InChI is InChI=1S/C15H22BClN2O3.CO2/c17-12-4-6-13(7-5-12)19-10-11(9-15(19)20)14(18)3-1-2-8-16(21)22;2-1-3/h4-7,11,14,21-22H,1-3,8-10,18H2;/t11-,14?;/m1./s1. The first kappa shape index (κ1) is 21.3. The van der Waals surface area contributed by atoms with E-state index >= 15 is 0 Å². The number of rotatable bonds is 7. The molecule has 0 aromatic heterocycles. The van der Waals surface area contributed by atoms with Crippen LogP contribution in [0.5, 0.6) is 0 Å². The van der Waals surface area contributed by atoms with E-state index < -0.39 is 7.12 Å². The van der Waals surface area contributed by atoms with Crippen LogP contribution >= 0.6 is 11.6 Å². The first-order valence-electron chi connectivity index (χ1n) is 8.06. The fourth-order valence-corrected chi connectivity index (χ4v) is 2.96. The Balaban J connectivity index is 0.000000970. The molecule has 1 aliphatic heterocycles. The van der Waals surface area contributed by atoms with Crippen LogP contribution in [-0.2, 0) is 14.4 Å². The van der Waals surface area contributed by atoms with E-state index in [9.17, 15) is 4.79 Å². The molecular formula is C16H22BClN2O5. The topological polar surface area (TPSA) is 121 Å². The minimum atomic E-state index is -1.25. The highest BCUT2D eigenvalue weighted by Gasteiger charge is 2.33. The highest BCUT2D eigenvalue weighted by molar-refractivity contribution is 6.40. The van der Waals surface area contributed by atoms with Crippen molar-refractivity contribution in [1.29, 1.82) is 0 Å². The molecule has 1 aromatic rings. The summed E-state index contributed by atoms with van der Waals surface area (Å²) in [5, 5.41) is 18.3. The third-order valence-corrected chi connectivity index (χ3v) is 4.40. The van der Waals surface area contributed by atoms with Crippen LogP contribution in [0.3, 0.4) is 0 Å². The van der Waals surface area contributed by atoms with Crippen molar-refractivity contribution in [2.24, 2.45) is 11.7 Å². The number of carbonyl (C=O) groups excluding carboxylic acids is 3. The summed E-state index contributed by atoms with van der Waals surface area (Å²) in [6.45, 7) is 0.629. The third kappa shape index (κ3) is 7.38. The summed E-state index contributed by atoms with van der Waals surface area (Å²) in [7, 11) is -1.25. The number of amides is 1. The predicted octanol–water partition coefficient (Wildman–Crippen LogP) is 1.08. The molecule has 9 heteroatoms. The molecule has 0 aliphatic carbocycles. The van der Waals surface area contributed by atoms with Crippen LogP contribution in [0.25, 0.3) is 0 Å². The molecule has 7 nitrogen and oxygen atoms in total. The van der Waals surface area contributed by atoms with Crippen LogP contribution in [0.4, 0.5) is 5.69 Å². The van der Waals surface area contributed by atoms with Crippen molar-refractivity contribution in [3.05, 3.63) is 29.3 Å². The van der Waals surface area contributed by atoms with Crippen LogP contribution in [0.2, 0.25) is 11.3 Å². The van der Waals surface area contributed by atoms with E-state index in [0.717, 1.165) is 24.9 Å². The fraction of sp³-hybridized carbons (Fsp3) is 0.500. The first-order valence-corrected chi connectivity index (χ1v) is 8.43. The van der Waals surface area contributed by atoms with Crippen LogP contribution in [0, 0.1) is 5.92 Å². The Bertz CT molecular complexity index is 578. The second-order valence-corrected chi connectivity index (χ2v) is 6.39. The van der Waals surface area contributed by atoms with Crippen molar-refractivity contribution >= 4 is 36.5 Å². The lowest BCUT2D eigenvalue weighted by Crippen LogP contribution is -2.32. The van der Waals surface area contributed by atoms with Crippen LogP contribution in [0.15, 0.2) is 24.3 Å². The maximum atomic E-state index is 12.2. The minimum absolute atomic E-state index is 0.0444. The van der Waals surface area contributed by atoms with E-state index in [1.807, 2.05) is 12.1 Å². The molecule has 1 fully saturated rings. The molecule has 1 aromatic carbocycles. The summed E-state index contributed by atoms with van der Waals surface area (Å²) in [6.07, 6.45) is 3.44. The fourth-order valence-electron chi connectivity index (χ4n) is 2.84. The lowest BCUT2D eigenvalue weighted by molar-refractivity contribution is -0.191. The quantitative estimate of drug-likeness (QED) is 0.489. The average molecular weight is 369 g/mol. The molecule has 2 rings (SSSR count). The SMILES string of the molecule is NC(CCCCB(O)O)[C@@H]1CC(=O)N(c2ccc(Cl)cc2)C1.O=C=O. The van der Waals surface area contributed by atoms with Gasteiger partial charge in [-0.05, 0) is 37.0 Å². The molecule has 1 heterocycles. The Morgan fingerprint density at radius 2 is 1.88 bits per heavy atom. The van der Waals surface area contributed by atoms with Crippen molar-refractivity contribution in [3.63, 3.8) is 0 Å². The van der Waals surface area contributed by atoms with Gasteiger partial charge >= 0.3 is 13.3 Å². The van der Waals surface area contributed by atoms with Gasteiger partial charge in [0.15, 0.2) is 0 Å². The molecule has 0 radical (unpaired) electrons. The summed E-state index contributed by atoms with van der Waals surface area (Å²) < 4.78 is 0. The Kier molecular flexibility index (Phi) is 9.41. The van der Waals surface area contributed by atoms with Gasteiger partial charge in [-0.1, -0.05) is 24.4 Å². The Labute approximate surface area is 151 Å². The summed E-state index contributed by atoms with van der Waals surface area (Å²) in [4.78, 5) is 30.2. The molecule has 25 heavy (non-hydrogen) atoms. The van der Waals surface area contributed by atoms with Crippen molar-refractivity contribution in [2.75, 3.05) is 11.4 Å². The van der Waals surface area contributed by atoms with Gasteiger partial charge in [-0.2, -0.15) is 9.59 Å². The molecule has 1 aliphatic rings. The highest BCUT2D eigenvalue weighted by atomic mass is 35.5. The Hall–Kier alpha value is -1.70.